The van der Waals surface area contributed by atoms with Gasteiger partial charge in [-0.15, -0.1) is 0 Å². The van der Waals surface area contributed by atoms with Crippen LogP contribution >= 0.6 is 0 Å². The zero-order valence-corrected chi connectivity index (χ0v) is 12.1. The highest BCUT2D eigenvalue weighted by Gasteiger charge is 2.22. The number of rotatable bonds is 5. The van der Waals surface area contributed by atoms with Crippen molar-refractivity contribution < 1.29 is 9.84 Å². The third-order valence-corrected chi connectivity index (χ3v) is 3.94. The number of phenolic OH excluding ortho intramolecular Hbond substituents is 1. The molecule has 1 atom stereocenters. The van der Waals surface area contributed by atoms with Crippen molar-refractivity contribution in [1.82, 2.24) is 9.80 Å². The Morgan fingerprint density at radius 3 is 2.89 bits per heavy atom. The lowest BCUT2D eigenvalue weighted by Gasteiger charge is -2.26. The lowest BCUT2D eigenvalue weighted by atomic mass is 10.1. The average molecular weight is 264 g/mol. The molecule has 1 N–H and O–H groups in total. The topological polar surface area (TPSA) is 35.9 Å². The molecule has 1 heterocycles. The Labute approximate surface area is 115 Å². The monoisotopic (exact) mass is 264 g/mol. The molecule has 0 aliphatic carbocycles. The maximum Gasteiger partial charge on any atom is 0.162 e. The number of phenols is 1. The van der Waals surface area contributed by atoms with E-state index in [1.807, 2.05) is 12.1 Å². The lowest BCUT2D eigenvalue weighted by Crippen LogP contribution is -2.36. The molecule has 4 nitrogen and oxygen atoms in total. The van der Waals surface area contributed by atoms with Crippen LogP contribution in [-0.4, -0.2) is 55.2 Å². The highest BCUT2D eigenvalue weighted by atomic mass is 16.5. The van der Waals surface area contributed by atoms with Gasteiger partial charge in [-0.05, 0) is 39.5 Å². The Kier molecular flexibility index (Phi) is 4.66. The van der Waals surface area contributed by atoms with Crippen LogP contribution in [0.2, 0.25) is 0 Å². The number of aromatic hydroxyl groups is 1. The number of nitrogens with zero attached hydrogens (tertiary/aromatic N) is 2. The normalized spacial score (nSPS) is 20.1. The predicted octanol–water partition coefficient (Wildman–Crippen LogP) is 1.93. The lowest BCUT2D eigenvalue weighted by molar-refractivity contribution is 0.214. The third kappa shape index (κ3) is 3.39. The van der Waals surface area contributed by atoms with Crippen molar-refractivity contribution >= 4 is 0 Å². The molecule has 1 fully saturated rings. The molecule has 0 spiro atoms. The van der Waals surface area contributed by atoms with Crippen LogP contribution in [0.15, 0.2) is 18.2 Å². The molecule has 1 aromatic rings. The Bertz CT molecular complexity index is 423. The van der Waals surface area contributed by atoms with Crippen molar-refractivity contribution in [1.29, 1.82) is 0 Å². The number of likely N-dealkylation sites (tertiary alicyclic amines) is 1. The first-order valence-electron chi connectivity index (χ1n) is 6.85. The van der Waals surface area contributed by atoms with Gasteiger partial charge in [0.1, 0.15) is 0 Å². The molecule has 1 aliphatic heterocycles. The molecule has 1 saturated heterocycles. The Hall–Kier alpha value is -1.26. The number of ether oxygens (including phenoxy) is 1. The van der Waals surface area contributed by atoms with E-state index in [0.717, 1.165) is 18.7 Å². The van der Waals surface area contributed by atoms with Crippen molar-refractivity contribution in [3.8, 4) is 11.5 Å². The fourth-order valence-electron chi connectivity index (χ4n) is 2.79. The van der Waals surface area contributed by atoms with Gasteiger partial charge in [0.15, 0.2) is 11.5 Å². The molecular formula is C15H24N2O2. The van der Waals surface area contributed by atoms with Gasteiger partial charge in [0, 0.05) is 24.7 Å². The predicted molar refractivity (Wildman–Crippen MR) is 76.6 cm³/mol. The van der Waals surface area contributed by atoms with Crippen LogP contribution in [0.1, 0.15) is 18.4 Å². The zero-order chi connectivity index (χ0) is 13.8. The van der Waals surface area contributed by atoms with Crippen LogP contribution in [0.25, 0.3) is 0 Å². The van der Waals surface area contributed by atoms with E-state index in [2.05, 4.69) is 23.9 Å². The van der Waals surface area contributed by atoms with Gasteiger partial charge in [-0.3, -0.25) is 0 Å². The maximum absolute atomic E-state index is 10.1. The largest absolute Gasteiger partial charge is 0.504 e. The molecule has 19 heavy (non-hydrogen) atoms. The molecule has 1 aromatic carbocycles. The minimum absolute atomic E-state index is 0.261. The van der Waals surface area contributed by atoms with Gasteiger partial charge in [0.2, 0.25) is 0 Å². The van der Waals surface area contributed by atoms with Crippen molar-refractivity contribution in [3.05, 3.63) is 23.8 Å². The summed E-state index contributed by atoms with van der Waals surface area (Å²) < 4.78 is 5.14. The van der Waals surface area contributed by atoms with Crippen molar-refractivity contribution in [2.24, 2.45) is 0 Å². The number of hydrogen-bond acceptors (Lipinski definition) is 4. The standard InChI is InChI=1S/C15H24N2O2/c1-16(11-13-7-5-9-17(13)2)10-12-6-4-8-14(19-3)15(12)18/h4,6,8,13,18H,5,7,9-11H2,1-3H3. The van der Waals surface area contributed by atoms with Gasteiger partial charge in [-0.25, -0.2) is 0 Å². The third-order valence-electron chi connectivity index (χ3n) is 3.94. The number of para-hydroxylation sites is 1. The number of hydrogen-bond donors (Lipinski definition) is 1. The molecule has 0 aromatic heterocycles. The SMILES string of the molecule is COc1cccc(CN(C)CC2CCCN2C)c1O. The molecule has 4 heteroatoms. The van der Waals surface area contributed by atoms with Crippen LogP contribution < -0.4 is 4.74 Å². The second kappa shape index (κ2) is 6.26. The minimum Gasteiger partial charge on any atom is -0.504 e. The summed E-state index contributed by atoms with van der Waals surface area (Å²) in [5.74, 6) is 0.806. The van der Waals surface area contributed by atoms with E-state index in [1.54, 1.807) is 13.2 Å². The first-order chi connectivity index (χ1) is 9.11. The summed E-state index contributed by atoms with van der Waals surface area (Å²) in [7, 11) is 5.87. The van der Waals surface area contributed by atoms with Gasteiger partial charge in [-0.1, -0.05) is 12.1 Å². The molecule has 1 unspecified atom stereocenters. The van der Waals surface area contributed by atoms with E-state index in [-0.39, 0.29) is 5.75 Å². The van der Waals surface area contributed by atoms with Crippen LogP contribution in [-0.2, 0) is 6.54 Å². The van der Waals surface area contributed by atoms with Crippen molar-refractivity contribution in [2.45, 2.75) is 25.4 Å². The van der Waals surface area contributed by atoms with E-state index < -0.39 is 0 Å². The highest BCUT2D eigenvalue weighted by molar-refractivity contribution is 5.45. The molecule has 0 amide bonds. The quantitative estimate of drug-likeness (QED) is 0.881. The summed E-state index contributed by atoms with van der Waals surface area (Å²) in [6, 6.07) is 6.29. The first kappa shape index (κ1) is 14.2. The van der Waals surface area contributed by atoms with Gasteiger partial charge in [0.05, 0.1) is 7.11 Å². The molecule has 1 aliphatic rings. The number of methoxy groups -OCH3 is 1. The number of likely N-dealkylation sites (N-methyl/N-ethyl adjacent to an activating group) is 2. The Balaban J connectivity index is 1.96. The fraction of sp³-hybridized carbons (Fsp3) is 0.600. The van der Waals surface area contributed by atoms with E-state index in [0.29, 0.717) is 11.8 Å². The van der Waals surface area contributed by atoms with Gasteiger partial charge in [-0.2, -0.15) is 0 Å². The number of benzene rings is 1. The van der Waals surface area contributed by atoms with Crippen LogP contribution in [0.5, 0.6) is 11.5 Å². The van der Waals surface area contributed by atoms with E-state index >= 15 is 0 Å². The van der Waals surface area contributed by atoms with Crippen molar-refractivity contribution in [2.75, 3.05) is 34.3 Å². The summed E-state index contributed by atoms with van der Waals surface area (Å²) in [5, 5.41) is 10.1. The molecule has 0 radical (unpaired) electrons. The highest BCUT2D eigenvalue weighted by Crippen LogP contribution is 2.30. The summed E-state index contributed by atoms with van der Waals surface area (Å²) in [6.45, 7) is 2.98. The van der Waals surface area contributed by atoms with Crippen molar-refractivity contribution in [3.63, 3.8) is 0 Å². The first-order valence-corrected chi connectivity index (χ1v) is 6.85. The molecule has 0 saturated carbocycles. The van der Waals surface area contributed by atoms with E-state index in [1.165, 1.54) is 19.4 Å². The van der Waals surface area contributed by atoms with Gasteiger partial charge in [0.25, 0.3) is 0 Å². The van der Waals surface area contributed by atoms with Gasteiger partial charge >= 0.3 is 0 Å². The second-order valence-electron chi connectivity index (χ2n) is 5.44. The summed E-state index contributed by atoms with van der Waals surface area (Å²) in [4.78, 5) is 4.68. The molecular weight excluding hydrogens is 240 g/mol. The fourth-order valence-corrected chi connectivity index (χ4v) is 2.79. The van der Waals surface area contributed by atoms with Crippen LogP contribution in [0.3, 0.4) is 0 Å². The summed E-state index contributed by atoms with van der Waals surface area (Å²) >= 11 is 0. The maximum atomic E-state index is 10.1. The summed E-state index contributed by atoms with van der Waals surface area (Å²) in [6.07, 6.45) is 2.56. The molecule has 106 valence electrons. The molecule has 2 rings (SSSR count). The van der Waals surface area contributed by atoms with Crippen LogP contribution in [0, 0.1) is 0 Å². The van der Waals surface area contributed by atoms with Gasteiger partial charge < -0.3 is 19.6 Å². The Morgan fingerprint density at radius 1 is 1.47 bits per heavy atom. The minimum atomic E-state index is 0.261. The smallest absolute Gasteiger partial charge is 0.162 e. The van der Waals surface area contributed by atoms with E-state index in [4.69, 9.17) is 4.74 Å². The average Bonchev–Trinajstić information content (AvgIpc) is 2.78. The Morgan fingerprint density at radius 2 is 2.26 bits per heavy atom. The second-order valence-corrected chi connectivity index (χ2v) is 5.44. The van der Waals surface area contributed by atoms with E-state index in [9.17, 15) is 5.11 Å². The van der Waals surface area contributed by atoms with Crippen LogP contribution in [0.4, 0.5) is 0 Å². The zero-order valence-electron chi connectivity index (χ0n) is 12.1. The summed E-state index contributed by atoms with van der Waals surface area (Å²) in [5.41, 5.74) is 0.919. The molecule has 0 bridgehead atoms.